The van der Waals surface area contributed by atoms with Crippen molar-refractivity contribution >= 4 is 17.5 Å². The molecule has 6 heteroatoms. The first-order valence-corrected chi connectivity index (χ1v) is 9.18. The number of hydrogen-bond donors (Lipinski definition) is 1. The van der Waals surface area contributed by atoms with Gasteiger partial charge in [0, 0.05) is 29.9 Å². The van der Waals surface area contributed by atoms with E-state index in [4.69, 9.17) is 9.47 Å². The number of hydrogen-bond acceptors (Lipinski definition) is 4. The summed E-state index contributed by atoms with van der Waals surface area (Å²) in [5.41, 5.74) is 1.76. The maximum absolute atomic E-state index is 12.5. The zero-order chi connectivity index (χ0) is 19.1. The minimum atomic E-state index is -0.218. The Morgan fingerprint density at radius 1 is 1.07 bits per heavy atom. The predicted molar refractivity (Wildman–Crippen MR) is 103 cm³/mol. The lowest BCUT2D eigenvalue weighted by molar-refractivity contribution is 0.0303. The van der Waals surface area contributed by atoms with Gasteiger partial charge in [0.05, 0.1) is 19.8 Å². The van der Waals surface area contributed by atoms with E-state index in [1.165, 1.54) is 0 Å². The van der Waals surface area contributed by atoms with Crippen molar-refractivity contribution in [3.8, 4) is 5.75 Å². The minimum Gasteiger partial charge on any atom is -0.494 e. The maximum Gasteiger partial charge on any atom is 0.255 e. The fraction of sp³-hybridized carbons (Fsp3) is 0.333. The van der Waals surface area contributed by atoms with Crippen LogP contribution in [-0.2, 0) is 4.74 Å². The van der Waals surface area contributed by atoms with Gasteiger partial charge in [-0.2, -0.15) is 0 Å². The second kappa shape index (κ2) is 9.19. The molecule has 2 aromatic rings. The second-order valence-corrected chi connectivity index (χ2v) is 6.31. The van der Waals surface area contributed by atoms with Crippen LogP contribution in [0.5, 0.6) is 5.75 Å². The van der Waals surface area contributed by atoms with Crippen LogP contribution in [-0.4, -0.2) is 49.6 Å². The summed E-state index contributed by atoms with van der Waals surface area (Å²) in [5, 5.41) is 2.85. The number of amides is 2. The molecule has 0 unspecified atom stereocenters. The van der Waals surface area contributed by atoms with E-state index in [-0.39, 0.29) is 11.8 Å². The van der Waals surface area contributed by atoms with Crippen molar-refractivity contribution in [2.24, 2.45) is 0 Å². The Kier molecular flexibility index (Phi) is 6.44. The molecule has 1 N–H and O–H groups in total. The van der Waals surface area contributed by atoms with E-state index in [0.717, 1.165) is 6.42 Å². The number of anilines is 1. The lowest BCUT2D eigenvalue weighted by atomic mass is 10.1. The van der Waals surface area contributed by atoms with Crippen molar-refractivity contribution in [1.29, 1.82) is 0 Å². The Hall–Kier alpha value is -2.86. The standard InChI is InChI=1S/C21H24N2O4/c1-2-12-27-19-5-3-4-17(15-19)20(24)22-18-8-6-16(7-9-18)21(25)23-10-13-26-14-11-23/h3-9,15H,2,10-14H2,1H3,(H,22,24). The number of morpholine rings is 1. The number of carbonyl (C=O) groups excluding carboxylic acids is 2. The summed E-state index contributed by atoms with van der Waals surface area (Å²) in [4.78, 5) is 26.7. The molecule has 0 saturated carbocycles. The molecule has 0 radical (unpaired) electrons. The van der Waals surface area contributed by atoms with E-state index in [0.29, 0.717) is 55.5 Å². The molecule has 0 aromatic heterocycles. The van der Waals surface area contributed by atoms with Crippen molar-refractivity contribution < 1.29 is 19.1 Å². The van der Waals surface area contributed by atoms with E-state index in [2.05, 4.69) is 5.32 Å². The lowest BCUT2D eigenvalue weighted by Gasteiger charge is -2.26. The van der Waals surface area contributed by atoms with E-state index in [9.17, 15) is 9.59 Å². The fourth-order valence-corrected chi connectivity index (χ4v) is 2.80. The Balaban J connectivity index is 1.62. The van der Waals surface area contributed by atoms with E-state index in [1.54, 1.807) is 47.4 Å². The molecule has 1 fully saturated rings. The summed E-state index contributed by atoms with van der Waals surface area (Å²) in [6.45, 7) is 5.00. The SMILES string of the molecule is CCCOc1cccc(C(=O)Nc2ccc(C(=O)N3CCOCC3)cc2)c1. The van der Waals surface area contributed by atoms with E-state index in [1.807, 2.05) is 13.0 Å². The molecule has 3 rings (SSSR count). The molecule has 142 valence electrons. The van der Waals surface area contributed by atoms with Gasteiger partial charge in [-0.05, 0) is 48.9 Å². The third kappa shape index (κ3) is 5.08. The number of nitrogens with one attached hydrogen (secondary N) is 1. The summed E-state index contributed by atoms with van der Waals surface area (Å²) < 4.78 is 10.8. The van der Waals surface area contributed by atoms with E-state index < -0.39 is 0 Å². The summed E-state index contributed by atoms with van der Waals surface area (Å²) in [6, 6.07) is 14.0. The Morgan fingerprint density at radius 3 is 2.52 bits per heavy atom. The van der Waals surface area contributed by atoms with Gasteiger partial charge in [0.2, 0.25) is 0 Å². The lowest BCUT2D eigenvalue weighted by Crippen LogP contribution is -2.40. The molecule has 0 aliphatic carbocycles. The summed E-state index contributed by atoms with van der Waals surface area (Å²) >= 11 is 0. The zero-order valence-corrected chi connectivity index (χ0v) is 15.4. The third-order valence-corrected chi connectivity index (χ3v) is 4.26. The monoisotopic (exact) mass is 368 g/mol. The molecule has 2 aromatic carbocycles. The van der Waals surface area contributed by atoms with Crippen molar-refractivity contribution in [3.05, 3.63) is 59.7 Å². The predicted octanol–water partition coefficient (Wildman–Crippen LogP) is 3.20. The zero-order valence-electron chi connectivity index (χ0n) is 15.4. The second-order valence-electron chi connectivity index (χ2n) is 6.31. The van der Waals surface area contributed by atoms with Gasteiger partial charge in [-0.25, -0.2) is 0 Å². The third-order valence-electron chi connectivity index (χ3n) is 4.26. The molecule has 0 bridgehead atoms. The van der Waals surface area contributed by atoms with Crippen LogP contribution in [0.3, 0.4) is 0 Å². The van der Waals surface area contributed by atoms with Crippen LogP contribution in [0.15, 0.2) is 48.5 Å². The minimum absolute atomic E-state index is 0.0167. The van der Waals surface area contributed by atoms with Gasteiger partial charge < -0.3 is 19.7 Å². The molecule has 0 spiro atoms. The smallest absolute Gasteiger partial charge is 0.255 e. The van der Waals surface area contributed by atoms with Crippen LogP contribution < -0.4 is 10.1 Å². The van der Waals surface area contributed by atoms with Crippen LogP contribution in [0.4, 0.5) is 5.69 Å². The highest BCUT2D eigenvalue weighted by molar-refractivity contribution is 6.04. The van der Waals surface area contributed by atoms with Crippen LogP contribution in [0.1, 0.15) is 34.1 Å². The van der Waals surface area contributed by atoms with Crippen LogP contribution >= 0.6 is 0 Å². The van der Waals surface area contributed by atoms with Crippen molar-refractivity contribution in [2.75, 3.05) is 38.2 Å². The molecule has 1 saturated heterocycles. The van der Waals surface area contributed by atoms with Gasteiger partial charge in [0.1, 0.15) is 5.75 Å². The Morgan fingerprint density at radius 2 is 1.81 bits per heavy atom. The molecule has 0 atom stereocenters. The summed E-state index contributed by atoms with van der Waals surface area (Å²) in [5.74, 6) is 0.442. The van der Waals surface area contributed by atoms with Gasteiger partial charge in [0.25, 0.3) is 11.8 Å². The number of benzene rings is 2. The number of ether oxygens (including phenoxy) is 2. The molecule has 1 aliphatic heterocycles. The first-order valence-electron chi connectivity index (χ1n) is 9.18. The highest BCUT2D eigenvalue weighted by Crippen LogP contribution is 2.17. The Bertz CT molecular complexity index is 783. The molecule has 2 amide bonds. The maximum atomic E-state index is 12.5. The van der Waals surface area contributed by atoms with Crippen LogP contribution in [0.2, 0.25) is 0 Å². The van der Waals surface area contributed by atoms with Gasteiger partial charge in [-0.3, -0.25) is 9.59 Å². The molecule has 1 heterocycles. The van der Waals surface area contributed by atoms with E-state index >= 15 is 0 Å². The fourth-order valence-electron chi connectivity index (χ4n) is 2.80. The summed E-state index contributed by atoms with van der Waals surface area (Å²) in [7, 11) is 0. The highest BCUT2D eigenvalue weighted by Gasteiger charge is 2.18. The van der Waals surface area contributed by atoms with Crippen molar-refractivity contribution in [3.63, 3.8) is 0 Å². The highest BCUT2D eigenvalue weighted by atomic mass is 16.5. The molecule has 1 aliphatic rings. The van der Waals surface area contributed by atoms with Crippen molar-refractivity contribution in [1.82, 2.24) is 4.90 Å². The van der Waals surface area contributed by atoms with Gasteiger partial charge in [-0.1, -0.05) is 13.0 Å². The first-order chi connectivity index (χ1) is 13.2. The molecular formula is C21H24N2O4. The van der Waals surface area contributed by atoms with Crippen LogP contribution in [0.25, 0.3) is 0 Å². The quantitative estimate of drug-likeness (QED) is 0.850. The first kappa shape index (κ1) is 18.9. The topological polar surface area (TPSA) is 67.9 Å². The molecule has 27 heavy (non-hydrogen) atoms. The van der Waals surface area contributed by atoms with Crippen molar-refractivity contribution in [2.45, 2.75) is 13.3 Å². The normalized spacial score (nSPS) is 13.9. The average molecular weight is 368 g/mol. The molecule has 6 nitrogen and oxygen atoms in total. The van der Waals surface area contributed by atoms with Crippen LogP contribution in [0, 0.1) is 0 Å². The number of nitrogens with zero attached hydrogens (tertiary/aromatic N) is 1. The van der Waals surface area contributed by atoms with Gasteiger partial charge in [0.15, 0.2) is 0 Å². The number of carbonyl (C=O) groups is 2. The molecular weight excluding hydrogens is 344 g/mol. The van der Waals surface area contributed by atoms with Gasteiger partial charge in [-0.15, -0.1) is 0 Å². The Labute approximate surface area is 159 Å². The largest absolute Gasteiger partial charge is 0.494 e. The van der Waals surface area contributed by atoms with Gasteiger partial charge >= 0.3 is 0 Å². The number of rotatable bonds is 6. The average Bonchev–Trinajstić information content (AvgIpc) is 2.73. The summed E-state index contributed by atoms with van der Waals surface area (Å²) in [6.07, 6.45) is 0.909.